The average Bonchev–Trinajstić information content (AvgIpc) is 1.83. The minimum atomic E-state index is -1.27. The molecule has 4 aromatic rings. The number of nitrogens with one attached hydrogen (secondary N) is 6. The number of carboxylic acid groups (broad SMARTS) is 1. The van der Waals surface area contributed by atoms with Crippen molar-refractivity contribution < 1.29 is 168 Å². The number of alkyl halides is 3. The van der Waals surface area contributed by atoms with Crippen molar-refractivity contribution in [3.63, 3.8) is 0 Å². The van der Waals surface area contributed by atoms with Crippen LogP contribution in [0.25, 0.3) is 0 Å². The molecule has 0 aromatic heterocycles. The molecule has 0 aliphatic carbocycles. The summed E-state index contributed by atoms with van der Waals surface area (Å²) in [7, 11) is 4.07. The molecule has 2 heterocycles. The number of hydrogen-bond acceptors (Lipinski definition) is 23. The van der Waals surface area contributed by atoms with E-state index in [0.29, 0.717) is 82.3 Å². The van der Waals surface area contributed by atoms with Crippen molar-refractivity contribution in [3.05, 3.63) is 144 Å². The molecule has 33 nitrogen and oxygen atoms in total. The summed E-state index contributed by atoms with van der Waals surface area (Å²) in [5.41, 5.74) is 14.1. The van der Waals surface area contributed by atoms with Crippen molar-refractivity contribution in [1.82, 2.24) is 46.6 Å². The third-order valence-electron chi connectivity index (χ3n) is 14.8. The summed E-state index contributed by atoms with van der Waals surface area (Å²) in [5.74, 6) is -1.68. The Morgan fingerprint density at radius 2 is 0.887 bits per heavy atom. The summed E-state index contributed by atoms with van der Waals surface area (Å²) >= 11 is 21.2. The second-order valence-corrected chi connectivity index (χ2v) is 26.9. The summed E-state index contributed by atoms with van der Waals surface area (Å²) < 4.78 is 34.3. The molecule has 0 bridgehead atoms. The molecule has 40 heteroatoms. The van der Waals surface area contributed by atoms with Gasteiger partial charge in [0, 0.05) is 124 Å². The first-order valence-electron chi connectivity index (χ1n) is 35.6. The van der Waals surface area contributed by atoms with Crippen molar-refractivity contribution in [2.75, 3.05) is 97.9 Å². The fraction of sp³-hybridized carbons (Fsp3) is 0.507. The molecule has 0 saturated carbocycles. The van der Waals surface area contributed by atoms with Gasteiger partial charge in [0.1, 0.15) is 50.2 Å². The maximum atomic E-state index is 11.8. The number of aliphatic hydroxyl groups is 1. The number of likely N-dealkylation sites (tertiary alicyclic amines) is 2. The molecule has 12 N–H and O–H groups in total. The van der Waals surface area contributed by atoms with Gasteiger partial charge < -0.3 is 104 Å². The molecule has 2 aliphatic heterocycles. The van der Waals surface area contributed by atoms with Gasteiger partial charge in [-0.25, -0.2) is 38.4 Å². The monoisotopic (exact) mass is 1710 g/mol. The van der Waals surface area contributed by atoms with Gasteiger partial charge in [0.2, 0.25) is 28.9 Å². The van der Waals surface area contributed by atoms with E-state index in [1.165, 1.54) is 19.1 Å². The molecule has 6 rings (SSSR count). The number of carbonyl (C=O) groups excluding carboxylic acids is 12. The molecular weight excluding hydrogens is 1610 g/mol. The summed E-state index contributed by atoms with van der Waals surface area (Å²) in [4.78, 5) is 153. The Morgan fingerprint density at radius 1 is 0.548 bits per heavy atom. The van der Waals surface area contributed by atoms with Gasteiger partial charge in [0.15, 0.2) is 0 Å². The standard InChI is InChI=1S/C16H21ClN2O5.C15H19ClN2O5.C15H20N2O4.C13H25N3O3.C12H16N2O4.C4H6Cl2O.B.2Na.2H/c1-23-15(21)13(10-18-14(20)8-5-9-17)19-16(22)24-11-12-6-3-2-4-7-12;16-8-4-7-13(19)17-9-12(14(20)21)18-15(22)23-10-11-5-2-1-3-6-11;18-10-13(9-17-8-4-7-14(17)19)16-15(20)21-11-12-5-2-1-3-6-12;1-13(2,3)19-12(18)15(4)8-10(14)9-16-7-5-6-11(16)17;1-17-11(15)10(7-13)14-12(16)18-8-9-5-3-2-4-6-9;5-3-1-2-4(6)7;;;;;/h2-4,6-7,13H,5,8-11H2,1H3,(H,18,20)(H,19,22);1-3,5-6,12H,4,7-10H2,(H,17,19)(H,18,22)(H,20,21);1-3,5-6,13,18H,4,7-11H2,(H,16,20);10H,5-9,14H2,1-4H3;2-6,10H,7-8,13H2,1H3,(H,14,16);1-3H2;;;;;/q;;;;;;;2*+1;2*-1/t13-;12-;13-;2*10-;;;;;;/m11101....../s1. The van der Waals surface area contributed by atoms with Crippen molar-refractivity contribution >= 4 is 132 Å². The number of rotatable bonds is 36. The Kier molecular flexibility index (Phi) is 65.3. The van der Waals surface area contributed by atoms with E-state index in [2.05, 4.69) is 41.4 Å². The number of aliphatic hydroxyl groups excluding tert-OH is 1. The fourth-order valence-corrected chi connectivity index (χ4v) is 9.66. The number of carbonyl (C=O) groups is 13. The third kappa shape index (κ3) is 56.3. The molecule has 115 heavy (non-hydrogen) atoms. The largest absolute Gasteiger partial charge is 1.00 e. The number of hydrogen-bond donors (Lipinski definition) is 10. The minimum Gasteiger partial charge on any atom is -1.00 e. The first-order chi connectivity index (χ1) is 53.4. The zero-order valence-corrected chi connectivity index (χ0v) is 73.5. The van der Waals surface area contributed by atoms with Crippen LogP contribution in [0.3, 0.4) is 0 Å². The number of amides is 9. The number of methoxy groups -OCH3 is 2. The summed E-state index contributed by atoms with van der Waals surface area (Å²) in [6.07, 6.45) is 2.09. The van der Waals surface area contributed by atoms with Crippen LogP contribution < -0.4 is 102 Å². The number of likely N-dealkylation sites (N-methyl/N-ethyl adjacent to an activating group) is 1. The van der Waals surface area contributed by atoms with Crippen LogP contribution in [0.15, 0.2) is 121 Å². The summed E-state index contributed by atoms with van der Waals surface area (Å²) in [6, 6.07) is 32.7. The van der Waals surface area contributed by atoms with Crippen LogP contribution in [0.2, 0.25) is 0 Å². The van der Waals surface area contributed by atoms with E-state index in [4.69, 9.17) is 86.7 Å². The minimum absolute atomic E-state index is 0. The molecule has 0 spiro atoms. The van der Waals surface area contributed by atoms with Crippen molar-refractivity contribution in [1.29, 1.82) is 0 Å². The molecule has 4 aromatic carbocycles. The van der Waals surface area contributed by atoms with Gasteiger partial charge >= 0.3 is 107 Å². The number of nitrogens with two attached hydrogens (primary N) is 2. The number of carboxylic acids is 1. The van der Waals surface area contributed by atoms with Gasteiger partial charge in [-0.15, -0.1) is 34.8 Å². The van der Waals surface area contributed by atoms with Gasteiger partial charge in [-0.3, -0.25) is 24.0 Å². The molecular formula is C75H109BCl4N11Na2O22. The second kappa shape index (κ2) is 67.3. The van der Waals surface area contributed by atoms with E-state index in [9.17, 15) is 67.4 Å². The van der Waals surface area contributed by atoms with Crippen LogP contribution in [-0.4, -0.2) is 244 Å². The van der Waals surface area contributed by atoms with Crippen LogP contribution in [0.5, 0.6) is 0 Å². The van der Waals surface area contributed by atoms with E-state index in [0.717, 1.165) is 41.6 Å². The molecule has 2 aliphatic rings. The number of nitrogens with zero attached hydrogens (tertiary/aromatic N) is 3. The van der Waals surface area contributed by atoms with E-state index in [1.54, 1.807) is 41.1 Å². The first-order valence-corrected chi connectivity index (χ1v) is 37.6. The Morgan fingerprint density at radius 3 is 1.20 bits per heavy atom. The quantitative estimate of drug-likeness (QED) is 0.00991. The van der Waals surface area contributed by atoms with Crippen molar-refractivity contribution in [2.24, 2.45) is 11.5 Å². The van der Waals surface area contributed by atoms with Crippen LogP contribution in [0.4, 0.5) is 24.0 Å². The van der Waals surface area contributed by atoms with E-state index in [1.807, 2.05) is 118 Å². The second-order valence-electron chi connectivity index (χ2n) is 25.3. The van der Waals surface area contributed by atoms with Gasteiger partial charge in [0.25, 0.3) is 0 Å². The third-order valence-corrected chi connectivity index (χ3v) is 15.8. The Hall–Kier alpha value is -7.71. The van der Waals surface area contributed by atoms with Crippen molar-refractivity contribution in [3.8, 4) is 0 Å². The van der Waals surface area contributed by atoms with E-state index < -0.39 is 78.1 Å². The summed E-state index contributed by atoms with van der Waals surface area (Å²) in [5, 5.41) is 32.5. The van der Waals surface area contributed by atoms with E-state index >= 15 is 0 Å². The van der Waals surface area contributed by atoms with Crippen LogP contribution >= 0.6 is 46.4 Å². The van der Waals surface area contributed by atoms with E-state index in [-0.39, 0.29) is 171 Å². The Bertz CT molecular complexity index is 3470. The maximum absolute atomic E-state index is 11.8. The van der Waals surface area contributed by atoms with Crippen LogP contribution in [-0.2, 0) is 97.9 Å². The number of halogens is 4. The maximum Gasteiger partial charge on any atom is 1.00 e. The molecule has 0 unspecified atom stereocenters. The SMILES string of the molecule is CN(C[C@H](N)CN1CCCC1=O)C(=O)OC(C)(C)C.COC(=O)[C@@H](CN)NC(=O)OCc1ccccc1.COC(=O)[C@@H](CNC(=O)CCCCl)NC(=O)OCc1ccccc1.O=C(CCCCl)NC[C@@H](NC(=O)OCc1ccccc1)C(=O)O.O=C(Cl)CCCCl.O=C(N[C@@H](CO)CN1CCCC1=O)OCc1ccccc1.[B].[H-].[H-].[Na+].[Na+]. The molecule has 9 amide bonds. The molecule has 2 fully saturated rings. The molecule has 5 atom stereocenters. The summed E-state index contributed by atoms with van der Waals surface area (Å²) in [6.45, 7) is 7.90. The van der Waals surface area contributed by atoms with Gasteiger partial charge in [-0.2, -0.15) is 0 Å². The van der Waals surface area contributed by atoms with Gasteiger partial charge in [-0.1, -0.05) is 121 Å². The predicted octanol–water partition coefficient (Wildman–Crippen LogP) is 0.826. The van der Waals surface area contributed by atoms with Crippen LogP contribution in [0, 0.1) is 0 Å². The average molecular weight is 1720 g/mol. The zero-order valence-electron chi connectivity index (χ0n) is 68.5. The fourth-order valence-electron chi connectivity index (χ4n) is 9.13. The smallest absolute Gasteiger partial charge is 1.00 e. The van der Waals surface area contributed by atoms with Crippen LogP contribution in [0.1, 0.15) is 110 Å². The number of esters is 2. The molecule has 2 saturated heterocycles. The zero-order chi connectivity index (χ0) is 83.7. The Labute approximate surface area is 740 Å². The van der Waals surface area contributed by atoms with Gasteiger partial charge in [0.05, 0.1) is 26.9 Å². The molecule has 629 valence electrons. The normalized spacial score (nSPS) is 12.7. The molecule has 3 radical (unpaired) electrons. The number of benzene rings is 4. The van der Waals surface area contributed by atoms with Gasteiger partial charge in [-0.05, 0) is 86.7 Å². The number of alkyl carbamates (subject to hydrolysis) is 4. The Balaban J connectivity index is -0.000000434. The number of aliphatic carboxylic acids is 1. The number of ether oxygens (including phenoxy) is 7. The van der Waals surface area contributed by atoms with Crippen molar-refractivity contribution in [2.45, 2.75) is 147 Å². The topological polar surface area (TPSA) is 461 Å². The first kappa shape index (κ1) is 111. The predicted molar refractivity (Wildman–Crippen MR) is 425 cm³/mol.